The second-order valence-electron chi connectivity index (χ2n) is 3.81. The molecule has 3 heterocycles. The summed E-state index contributed by atoms with van der Waals surface area (Å²) in [7, 11) is 0. The first kappa shape index (κ1) is 12.2. The fraction of sp³-hybridized carbons (Fsp3) is 0.308. The van der Waals surface area contributed by atoms with Crippen molar-refractivity contribution in [1.82, 2.24) is 15.3 Å². The predicted octanol–water partition coefficient (Wildman–Crippen LogP) is 2.49. The van der Waals surface area contributed by atoms with Crippen LogP contribution in [0.2, 0.25) is 0 Å². The lowest BCUT2D eigenvalue weighted by Gasteiger charge is -2.12. The van der Waals surface area contributed by atoms with E-state index in [-0.39, 0.29) is 0 Å². The monoisotopic (exact) mass is 247 g/mol. The Morgan fingerprint density at radius 1 is 1.35 bits per heavy atom. The standard InChI is InChI=1S/C12H13N3.CH4S/c1-4-13-5-2-9(1)10-8-15-12-3-6-14-7-11(10)12;1-2/h1,3,6-8,13,15H,2,4-5H2;2H,1H3. The third-order valence-electron chi connectivity index (χ3n) is 2.89. The summed E-state index contributed by atoms with van der Waals surface area (Å²) in [5, 5.41) is 4.55. The number of aromatic amines is 1. The maximum Gasteiger partial charge on any atom is 0.0491 e. The molecule has 0 spiro atoms. The highest BCUT2D eigenvalue weighted by Gasteiger charge is 2.10. The van der Waals surface area contributed by atoms with Crippen LogP contribution in [0.5, 0.6) is 0 Å². The molecule has 17 heavy (non-hydrogen) atoms. The van der Waals surface area contributed by atoms with Gasteiger partial charge in [-0.3, -0.25) is 4.98 Å². The Kier molecular flexibility index (Phi) is 4.23. The van der Waals surface area contributed by atoms with Gasteiger partial charge >= 0.3 is 0 Å². The summed E-state index contributed by atoms with van der Waals surface area (Å²) in [6.45, 7) is 2.04. The van der Waals surface area contributed by atoms with Crippen molar-refractivity contribution < 1.29 is 0 Å². The van der Waals surface area contributed by atoms with Gasteiger partial charge in [-0.15, -0.1) is 0 Å². The molecule has 0 bridgehead atoms. The Bertz CT molecular complexity index is 516. The van der Waals surface area contributed by atoms with Crippen LogP contribution in [0.25, 0.3) is 16.5 Å². The van der Waals surface area contributed by atoms with Crippen LogP contribution in [0.4, 0.5) is 0 Å². The predicted molar refractivity (Wildman–Crippen MR) is 76.5 cm³/mol. The van der Waals surface area contributed by atoms with Crippen molar-refractivity contribution in [2.45, 2.75) is 6.42 Å². The van der Waals surface area contributed by atoms with Crippen LogP contribution < -0.4 is 5.32 Å². The van der Waals surface area contributed by atoms with Crippen LogP contribution in [0.1, 0.15) is 12.0 Å². The Morgan fingerprint density at radius 3 is 3.00 bits per heavy atom. The molecule has 3 nitrogen and oxygen atoms in total. The Balaban J connectivity index is 0.000000514. The van der Waals surface area contributed by atoms with Crippen LogP contribution >= 0.6 is 12.6 Å². The average Bonchev–Trinajstić information content (AvgIpc) is 2.86. The molecule has 0 aromatic carbocycles. The van der Waals surface area contributed by atoms with Gasteiger partial charge in [0.15, 0.2) is 0 Å². The van der Waals surface area contributed by atoms with Crippen LogP contribution in [0, 0.1) is 0 Å². The third-order valence-corrected chi connectivity index (χ3v) is 2.89. The number of aromatic nitrogens is 2. The van der Waals surface area contributed by atoms with Gasteiger partial charge in [-0.2, -0.15) is 12.6 Å². The zero-order valence-corrected chi connectivity index (χ0v) is 10.8. The third kappa shape index (κ3) is 2.53. The molecule has 0 radical (unpaired) electrons. The van der Waals surface area contributed by atoms with E-state index < -0.39 is 0 Å². The number of pyridine rings is 1. The summed E-state index contributed by atoms with van der Waals surface area (Å²) in [6.07, 6.45) is 10.9. The van der Waals surface area contributed by atoms with E-state index in [0.29, 0.717) is 0 Å². The lowest BCUT2D eigenvalue weighted by atomic mass is 10.0. The highest BCUT2D eigenvalue weighted by molar-refractivity contribution is 7.79. The Morgan fingerprint density at radius 2 is 2.24 bits per heavy atom. The number of thiol groups is 1. The van der Waals surface area contributed by atoms with Crippen molar-refractivity contribution in [3.8, 4) is 0 Å². The number of H-pyrrole nitrogens is 1. The summed E-state index contributed by atoms with van der Waals surface area (Å²) >= 11 is 3.53. The van der Waals surface area contributed by atoms with Crippen molar-refractivity contribution >= 4 is 29.1 Å². The van der Waals surface area contributed by atoms with E-state index in [0.717, 1.165) is 19.5 Å². The minimum Gasteiger partial charge on any atom is -0.360 e. The number of hydrogen-bond donors (Lipinski definition) is 3. The summed E-state index contributed by atoms with van der Waals surface area (Å²) in [5.41, 5.74) is 3.90. The van der Waals surface area contributed by atoms with E-state index in [1.807, 2.05) is 18.5 Å². The van der Waals surface area contributed by atoms with Gasteiger partial charge in [0.2, 0.25) is 0 Å². The average molecular weight is 247 g/mol. The molecule has 4 heteroatoms. The number of hydrogen-bond acceptors (Lipinski definition) is 3. The zero-order valence-electron chi connectivity index (χ0n) is 9.90. The number of fused-ring (bicyclic) bond motifs is 1. The van der Waals surface area contributed by atoms with Crippen molar-refractivity contribution in [3.05, 3.63) is 36.3 Å². The topological polar surface area (TPSA) is 40.7 Å². The summed E-state index contributed by atoms with van der Waals surface area (Å²) in [6, 6.07) is 2.01. The number of rotatable bonds is 1. The van der Waals surface area contributed by atoms with Crippen molar-refractivity contribution in [2.24, 2.45) is 0 Å². The molecule has 0 amide bonds. The van der Waals surface area contributed by atoms with E-state index >= 15 is 0 Å². The maximum atomic E-state index is 4.18. The number of nitrogens with zero attached hydrogens (tertiary/aromatic N) is 1. The fourth-order valence-corrected chi connectivity index (χ4v) is 2.10. The summed E-state index contributed by atoms with van der Waals surface area (Å²) in [5.74, 6) is 0. The van der Waals surface area contributed by atoms with E-state index in [1.165, 1.54) is 22.0 Å². The van der Waals surface area contributed by atoms with E-state index in [1.54, 1.807) is 6.26 Å². The van der Waals surface area contributed by atoms with E-state index in [4.69, 9.17) is 0 Å². The summed E-state index contributed by atoms with van der Waals surface area (Å²) < 4.78 is 0. The number of nitrogens with one attached hydrogen (secondary N) is 2. The van der Waals surface area contributed by atoms with Gasteiger partial charge in [-0.1, -0.05) is 6.08 Å². The first-order chi connectivity index (χ1) is 8.45. The lowest BCUT2D eigenvalue weighted by Crippen LogP contribution is -2.19. The largest absolute Gasteiger partial charge is 0.360 e. The highest BCUT2D eigenvalue weighted by atomic mass is 32.1. The molecule has 1 aliphatic heterocycles. The molecule has 1 aliphatic rings. The molecule has 0 saturated carbocycles. The molecule has 0 unspecified atom stereocenters. The minimum atomic E-state index is 0.974. The quantitative estimate of drug-likeness (QED) is 0.678. The maximum absolute atomic E-state index is 4.18. The van der Waals surface area contributed by atoms with E-state index in [9.17, 15) is 0 Å². The second kappa shape index (κ2) is 5.89. The lowest BCUT2D eigenvalue weighted by molar-refractivity contribution is 0.739. The smallest absolute Gasteiger partial charge is 0.0491 e. The molecule has 0 atom stereocenters. The van der Waals surface area contributed by atoms with Crippen molar-refractivity contribution in [1.29, 1.82) is 0 Å². The van der Waals surface area contributed by atoms with E-state index in [2.05, 4.69) is 40.2 Å². The van der Waals surface area contributed by atoms with Gasteiger partial charge < -0.3 is 10.3 Å². The van der Waals surface area contributed by atoms with Gasteiger partial charge in [0.1, 0.15) is 0 Å². The first-order valence-electron chi connectivity index (χ1n) is 5.71. The van der Waals surface area contributed by atoms with Crippen LogP contribution in [-0.4, -0.2) is 29.3 Å². The Labute approximate surface area is 107 Å². The zero-order chi connectivity index (χ0) is 12.1. The minimum absolute atomic E-state index is 0.974. The van der Waals surface area contributed by atoms with Crippen molar-refractivity contribution in [2.75, 3.05) is 19.3 Å². The Hall–Kier alpha value is -1.26. The fourth-order valence-electron chi connectivity index (χ4n) is 2.10. The van der Waals surface area contributed by atoms with Crippen LogP contribution in [0.15, 0.2) is 30.7 Å². The molecule has 3 rings (SSSR count). The molecule has 2 N–H and O–H groups in total. The van der Waals surface area contributed by atoms with Gasteiger partial charge in [0.25, 0.3) is 0 Å². The van der Waals surface area contributed by atoms with Crippen molar-refractivity contribution in [3.63, 3.8) is 0 Å². The molecular weight excluding hydrogens is 230 g/mol. The molecule has 0 aliphatic carbocycles. The van der Waals surface area contributed by atoms with Gasteiger partial charge in [-0.25, -0.2) is 0 Å². The summed E-state index contributed by atoms with van der Waals surface area (Å²) in [4.78, 5) is 7.46. The molecule has 2 aromatic heterocycles. The first-order valence-corrected chi connectivity index (χ1v) is 6.60. The highest BCUT2D eigenvalue weighted by Crippen LogP contribution is 2.26. The van der Waals surface area contributed by atoms with Gasteiger partial charge in [-0.05, 0) is 30.9 Å². The SMILES string of the molecule is C1=C(c2c[nH]c3ccncc23)CCNC1.CS. The normalized spacial score (nSPS) is 15.1. The molecule has 0 fully saturated rings. The molecule has 90 valence electrons. The van der Waals surface area contributed by atoms with Crippen LogP contribution in [-0.2, 0) is 0 Å². The molecular formula is C13H17N3S. The second-order valence-corrected chi connectivity index (χ2v) is 3.81. The van der Waals surface area contributed by atoms with Crippen LogP contribution in [0.3, 0.4) is 0 Å². The van der Waals surface area contributed by atoms with Gasteiger partial charge in [0, 0.05) is 41.6 Å². The molecule has 0 saturated heterocycles. The van der Waals surface area contributed by atoms with Gasteiger partial charge in [0.05, 0.1) is 0 Å². The molecule has 2 aromatic rings.